The molecule has 1 aromatic heterocycles. The third-order valence-corrected chi connectivity index (χ3v) is 7.00. The van der Waals surface area contributed by atoms with Crippen molar-refractivity contribution in [3.63, 3.8) is 0 Å². The van der Waals surface area contributed by atoms with Crippen molar-refractivity contribution >= 4 is 55.6 Å². The molecule has 0 spiro atoms. The van der Waals surface area contributed by atoms with Crippen molar-refractivity contribution in [1.29, 1.82) is 0 Å². The van der Waals surface area contributed by atoms with Gasteiger partial charge in [0.2, 0.25) is 10.0 Å². The lowest BCUT2D eigenvalue weighted by Gasteiger charge is -2.23. The van der Waals surface area contributed by atoms with E-state index >= 15 is 0 Å². The van der Waals surface area contributed by atoms with Gasteiger partial charge in [-0.3, -0.25) is 4.31 Å². The van der Waals surface area contributed by atoms with Crippen molar-refractivity contribution < 1.29 is 37.0 Å². The van der Waals surface area contributed by atoms with Crippen LogP contribution in [0.15, 0.2) is 59.0 Å². The first kappa shape index (κ1) is 26.3. The first-order chi connectivity index (χ1) is 17.5. The van der Waals surface area contributed by atoms with Crippen molar-refractivity contribution in [1.82, 2.24) is 0 Å². The minimum Gasteiger partial charge on any atom is -0.495 e. The summed E-state index contributed by atoms with van der Waals surface area (Å²) < 4.78 is 50.3. The molecule has 0 unspecified atom stereocenters. The molecule has 1 heterocycles. The van der Waals surface area contributed by atoms with E-state index in [0.717, 1.165) is 10.6 Å². The van der Waals surface area contributed by atoms with Gasteiger partial charge in [0.05, 0.1) is 37.2 Å². The molecule has 0 aliphatic heterocycles. The van der Waals surface area contributed by atoms with Gasteiger partial charge in [-0.2, -0.15) is 0 Å². The number of anilines is 3. The Morgan fingerprint density at radius 1 is 1.14 bits per heavy atom. The van der Waals surface area contributed by atoms with Crippen LogP contribution in [0, 0.1) is 5.82 Å². The first-order valence-corrected chi connectivity index (χ1v) is 13.0. The molecule has 0 amide bonds. The Morgan fingerprint density at radius 3 is 2.38 bits per heavy atom. The standard InChI is InChI=1S/C25H22ClFN2O7S/c1-35-22-12-17-21(13-20(22)29(9-10-30)37(2,33)34)36-24(23(17)25(31)32)14-3-5-15(6-4-14)28-16-7-8-19(27)18(26)11-16/h3-8,11-13,28,30H,9-10H2,1-2H3,(H,31,32). The summed E-state index contributed by atoms with van der Waals surface area (Å²) in [5.74, 6) is -1.63. The number of carbonyl (C=O) groups is 1. The Kier molecular flexibility index (Phi) is 7.30. The van der Waals surface area contributed by atoms with E-state index in [1.54, 1.807) is 24.3 Å². The largest absolute Gasteiger partial charge is 0.495 e. The molecule has 0 saturated carbocycles. The number of methoxy groups -OCH3 is 1. The molecule has 0 fully saturated rings. The average Bonchev–Trinajstić information content (AvgIpc) is 3.22. The fourth-order valence-electron chi connectivity index (χ4n) is 3.89. The second-order valence-electron chi connectivity index (χ2n) is 8.02. The summed E-state index contributed by atoms with van der Waals surface area (Å²) in [5, 5.41) is 22.6. The molecule has 4 rings (SSSR count). The fourth-order valence-corrected chi connectivity index (χ4v) is 4.98. The molecular weight excluding hydrogens is 527 g/mol. The number of sulfonamides is 1. The van der Waals surface area contributed by atoms with Gasteiger partial charge < -0.3 is 24.7 Å². The van der Waals surface area contributed by atoms with E-state index in [9.17, 15) is 27.8 Å². The zero-order chi connectivity index (χ0) is 26.9. The predicted molar refractivity (Wildman–Crippen MR) is 139 cm³/mol. The number of hydrogen-bond acceptors (Lipinski definition) is 7. The number of rotatable bonds is 9. The molecule has 3 aromatic carbocycles. The van der Waals surface area contributed by atoms with Crippen LogP contribution >= 0.6 is 11.6 Å². The summed E-state index contributed by atoms with van der Waals surface area (Å²) in [6.07, 6.45) is 0.984. The maximum absolute atomic E-state index is 13.4. The highest BCUT2D eigenvalue weighted by Gasteiger charge is 2.27. The van der Waals surface area contributed by atoms with E-state index < -0.39 is 28.4 Å². The van der Waals surface area contributed by atoms with E-state index in [0.29, 0.717) is 16.9 Å². The molecule has 0 radical (unpaired) electrons. The number of furan rings is 1. The van der Waals surface area contributed by atoms with Crippen molar-refractivity contribution in [3.05, 3.63) is 71.0 Å². The van der Waals surface area contributed by atoms with Crippen LogP contribution in [0.2, 0.25) is 5.02 Å². The maximum Gasteiger partial charge on any atom is 0.340 e. The topological polar surface area (TPSA) is 129 Å². The molecule has 3 N–H and O–H groups in total. The molecule has 0 aliphatic rings. The normalized spacial score (nSPS) is 11.5. The Labute approximate surface area is 216 Å². The first-order valence-electron chi connectivity index (χ1n) is 10.8. The number of aliphatic hydroxyl groups is 1. The number of halogens is 2. The van der Waals surface area contributed by atoms with E-state index in [1.165, 1.54) is 37.4 Å². The minimum atomic E-state index is -3.79. The molecule has 0 bridgehead atoms. The molecule has 0 aliphatic carbocycles. The molecule has 9 nitrogen and oxygen atoms in total. The second-order valence-corrected chi connectivity index (χ2v) is 10.3. The lowest BCUT2D eigenvalue weighted by Crippen LogP contribution is -2.32. The van der Waals surface area contributed by atoms with Gasteiger partial charge in [0, 0.05) is 28.4 Å². The quantitative estimate of drug-likeness (QED) is 0.263. The third-order valence-electron chi connectivity index (χ3n) is 5.53. The number of nitrogens with zero attached hydrogens (tertiary/aromatic N) is 1. The van der Waals surface area contributed by atoms with E-state index in [4.69, 9.17) is 20.8 Å². The zero-order valence-corrected chi connectivity index (χ0v) is 21.2. The van der Waals surface area contributed by atoms with Gasteiger partial charge in [-0.1, -0.05) is 11.6 Å². The van der Waals surface area contributed by atoms with Gasteiger partial charge >= 0.3 is 5.97 Å². The monoisotopic (exact) mass is 548 g/mol. The number of carboxylic acids is 1. The Morgan fingerprint density at radius 2 is 1.81 bits per heavy atom. The number of aromatic carboxylic acids is 1. The van der Waals surface area contributed by atoms with Gasteiger partial charge in [0.1, 0.15) is 28.5 Å². The van der Waals surface area contributed by atoms with Crippen LogP contribution in [-0.2, 0) is 10.0 Å². The number of hydrogen-bond donors (Lipinski definition) is 3. The van der Waals surface area contributed by atoms with Gasteiger partial charge in [0.15, 0.2) is 0 Å². The van der Waals surface area contributed by atoms with Crippen LogP contribution in [0.4, 0.5) is 21.5 Å². The highest BCUT2D eigenvalue weighted by Crippen LogP contribution is 2.41. The SMILES string of the molecule is COc1cc2c(C(=O)O)c(-c3ccc(Nc4ccc(F)c(Cl)c4)cc3)oc2cc1N(CCO)S(C)(=O)=O. The highest BCUT2D eigenvalue weighted by molar-refractivity contribution is 7.92. The summed E-state index contributed by atoms with van der Waals surface area (Å²) in [4.78, 5) is 12.2. The fraction of sp³-hybridized carbons (Fsp3) is 0.160. The van der Waals surface area contributed by atoms with Crippen molar-refractivity contribution in [2.45, 2.75) is 0 Å². The van der Waals surface area contributed by atoms with Gasteiger partial charge in [-0.15, -0.1) is 0 Å². The summed E-state index contributed by atoms with van der Waals surface area (Å²) in [7, 11) is -2.46. The maximum atomic E-state index is 13.4. The zero-order valence-electron chi connectivity index (χ0n) is 19.7. The summed E-state index contributed by atoms with van der Waals surface area (Å²) >= 11 is 5.82. The molecule has 37 heavy (non-hydrogen) atoms. The molecule has 0 atom stereocenters. The molecule has 0 saturated heterocycles. The summed E-state index contributed by atoms with van der Waals surface area (Å²) in [6, 6.07) is 13.6. The lowest BCUT2D eigenvalue weighted by molar-refractivity contribution is 0.0699. The van der Waals surface area contributed by atoms with E-state index in [2.05, 4.69) is 5.32 Å². The van der Waals surface area contributed by atoms with Gasteiger partial charge in [0.25, 0.3) is 0 Å². The van der Waals surface area contributed by atoms with Crippen LogP contribution in [-0.4, -0.2) is 51.1 Å². The number of aliphatic hydroxyl groups excluding tert-OH is 1. The van der Waals surface area contributed by atoms with Crippen LogP contribution in [0.3, 0.4) is 0 Å². The molecule has 12 heteroatoms. The molecule has 194 valence electrons. The Hall–Kier alpha value is -3.80. The lowest BCUT2D eigenvalue weighted by atomic mass is 10.0. The van der Waals surface area contributed by atoms with Crippen LogP contribution in [0.25, 0.3) is 22.3 Å². The number of ether oxygens (including phenoxy) is 1. The van der Waals surface area contributed by atoms with Crippen LogP contribution in [0.5, 0.6) is 5.75 Å². The van der Waals surface area contributed by atoms with Crippen LogP contribution < -0.4 is 14.4 Å². The van der Waals surface area contributed by atoms with Crippen molar-refractivity contribution in [2.24, 2.45) is 0 Å². The Balaban J connectivity index is 1.78. The van der Waals surface area contributed by atoms with Crippen molar-refractivity contribution in [3.8, 4) is 17.1 Å². The summed E-state index contributed by atoms with van der Waals surface area (Å²) in [6.45, 7) is -0.670. The third kappa shape index (κ3) is 5.33. The Bertz CT molecular complexity index is 1590. The molecule has 4 aromatic rings. The minimum absolute atomic E-state index is 0.0294. The van der Waals surface area contributed by atoms with Gasteiger partial charge in [-0.25, -0.2) is 17.6 Å². The second kappa shape index (κ2) is 10.3. The predicted octanol–water partition coefficient (Wildman–Crippen LogP) is 5.10. The van der Waals surface area contributed by atoms with E-state index in [1.807, 2.05) is 0 Å². The highest BCUT2D eigenvalue weighted by atomic mass is 35.5. The van der Waals surface area contributed by atoms with Crippen LogP contribution in [0.1, 0.15) is 10.4 Å². The number of fused-ring (bicyclic) bond motifs is 1. The summed E-state index contributed by atoms with van der Waals surface area (Å²) in [5.41, 5.74) is 1.74. The molecular formula is C25H22ClFN2O7S. The number of nitrogens with one attached hydrogen (secondary N) is 1. The number of carboxylic acid groups (broad SMARTS) is 1. The van der Waals surface area contributed by atoms with Crippen molar-refractivity contribution in [2.75, 3.05) is 36.1 Å². The average molecular weight is 549 g/mol. The van der Waals surface area contributed by atoms with E-state index in [-0.39, 0.29) is 45.3 Å². The number of benzene rings is 3. The van der Waals surface area contributed by atoms with Gasteiger partial charge in [-0.05, 0) is 48.5 Å². The smallest absolute Gasteiger partial charge is 0.340 e.